The van der Waals surface area contributed by atoms with Crippen LogP contribution in [0.3, 0.4) is 0 Å². The number of carboxylic acids is 1. The fourth-order valence-corrected chi connectivity index (χ4v) is 2.91. The number of methoxy groups -OCH3 is 2. The lowest BCUT2D eigenvalue weighted by molar-refractivity contribution is -0.148. The predicted molar refractivity (Wildman–Crippen MR) is 75.8 cm³/mol. The van der Waals surface area contributed by atoms with Crippen LogP contribution < -0.4 is 14.8 Å². The first kappa shape index (κ1) is 15.2. The van der Waals surface area contributed by atoms with E-state index in [1.165, 1.54) is 14.0 Å². The van der Waals surface area contributed by atoms with Crippen molar-refractivity contribution < 1.29 is 24.2 Å². The highest BCUT2D eigenvalue weighted by Gasteiger charge is 2.44. The van der Waals surface area contributed by atoms with Crippen LogP contribution in [0.2, 0.25) is 0 Å². The van der Waals surface area contributed by atoms with Gasteiger partial charge in [0.05, 0.1) is 14.2 Å². The van der Waals surface area contributed by atoms with Gasteiger partial charge < -0.3 is 19.9 Å². The maximum absolute atomic E-state index is 11.7. The first-order valence-corrected chi connectivity index (χ1v) is 6.68. The van der Waals surface area contributed by atoms with Crippen LogP contribution in [0, 0.1) is 0 Å². The second-order valence-corrected chi connectivity index (χ2v) is 5.17. The number of ether oxygens (including phenoxy) is 2. The number of aliphatic carboxylic acids is 1. The van der Waals surface area contributed by atoms with Gasteiger partial charge in [-0.25, -0.2) is 4.79 Å². The van der Waals surface area contributed by atoms with E-state index >= 15 is 0 Å². The molecule has 2 rings (SSSR count). The van der Waals surface area contributed by atoms with E-state index < -0.39 is 11.5 Å². The summed E-state index contributed by atoms with van der Waals surface area (Å²) in [6.07, 6.45) is 0.998. The van der Waals surface area contributed by atoms with E-state index in [1.54, 1.807) is 13.2 Å². The zero-order valence-corrected chi connectivity index (χ0v) is 12.4. The standard InChI is InChI=1S/C15H19NO5/c1-9(17)16-15(14(18)19)7-6-10-11(8-15)13(21-3)5-4-12(10)20-2/h4-5H,6-8H2,1-3H3,(H,16,17)(H,18,19). The van der Waals surface area contributed by atoms with Gasteiger partial charge in [-0.2, -0.15) is 0 Å². The number of carbonyl (C=O) groups excluding carboxylic acids is 1. The lowest BCUT2D eigenvalue weighted by Crippen LogP contribution is -2.57. The minimum absolute atomic E-state index is 0.178. The van der Waals surface area contributed by atoms with E-state index in [1.807, 2.05) is 6.07 Å². The number of benzene rings is 1. The van der Waals surface area contributed by atoms with Crippen LogP contribution in [-0.2, 0) is 22.4 Å². The van der Waals surface area contributed by atoms with Crippen molar-refractivity contribution >= 4 is 11.9 Å². The molecule has 0 aliphatic heterocycles. The van der Waals surface area contributed by atoms with Crippen LogP contribution >= 0.6 is 0 Å². The maximum Gasteiger partial charge on any atom is 0.329 e. The molecule has 1 atom stereocenters. The van der Waals surface area contributed by atoms with Crippen molar-refractivity contribution in [3.63, 3.8) is 0 Å². The third kappa shape index (κ3) is 2.66. The van der Waals surface area contributed by atoms with Crippen LogP contribution in [0.25, 0.3) is 0 Å². The van der Waals surface area contributed by atoms with E-state index in [4.69, 9.17) is 9.47 Å². The Morgan fingerprint density at radius 2 is 1.76 bits per heavy atom. The first-order chi connectivity index (χ1) is 9.93. The minimum Gasteiger partial charge on any atom is -0.496 e. The van der Waals surface area contributed by atoms with Crippen molar-refractivity contribution in [1.29, 1.82) is 0 Å². The number of hydrogen-bond acceptors (Lipinski definition) is 4. The molecule has 2 N–H and O–H groups in total. The molecular weight excluding hydrogens is 274 g/mol. The minimum atomic E-state index is -1.29. The third-order valence-electron chi connectivity index (χ3n) is 3.89. The highest BCUT2D eigenvalue weighted by atomic mass is 16.5. The molecule has 0 spiro atoms. The molecule has 0 saturated heterocycles. The quantitative estimate of drug-likeness (QED) is 0.870. The van der Waals surface area contributed by atoms with Gasteiger partial charge in [-0.1, -0.05) is 0 Å². The van der Waals surface area contributed by atoms with Crippen LogP contribution in [0.15, 0.2) is 12.1 Å². The van der Waals surface area contributed by atoms with Crippen molar-refractivity contribution in [3.05, 3.63) is 23.3 Å². The van der Waals surface area contributed by atoms with Crippen molar-refractivity contribution in [2.24, 2.45) is 0 Å². The van der Waals surface area contributed by atoms with Gasteiger partial charge in [0, 0.05) is 24.5 Å². The third-order valence-corrected chi connectivity index (χ3v) is 3.89. The van der Waals surface area contributed by atoms with Gasteiger partial charge in [0.15, 0.2) is 0 Å². The number of rotatable bonds is 4. The molecule has 114 valence electrons. The van der Waals surface area contributed by atoms with Gasteiger partial charge >= 0.3 is 5.97 Å². The van der Waals surface area contributed by atoms with Crippen LogP contribution in [-0.4, -0.2) is 36.7 Å². The summed E-state index contributed by atoms with van der Waals surface area (Å²) in [4.78, 5) is 23.1. The molecule has 1 amide bonds. The van der Waals surface area contributed by atoms with Crippen molar-refractivity contribution in [3.8, 4) is 11.5 Å². The topological polar surface area (TPSA) is 84.9 Å². The summed E-state index contributed by atoms with van der Waals surface area (Å²) in [5.41, 5.74) is 0.427. The molecule has 6 heteroatoms. The summed E-state index contributed by atoms with van der Waals surface area (Å²) in [7, 11) is 3.12. The van der Waals surface area contributed by atoms with Crippen molar-refractivity contribution in [1.82, 2.24) is 5.32 Å². The number of hydrogen-bond donors (Lipinski definition) is 2. The number of nitrogens with one attached hydrogen (secondary N) is 1. The molecule has 0 saturated carbocycles. The largest absolute Gasteiger partial charge is 0.496 e. The molecule has 0 bridgehead atoms. The van der Waals surface area contributed by atoms with Gasteiger partial charge in [-0.15, -0.1) is 0 Å². The molecule has 0 aromatic heterocycles. The molecule has 0 fully saturated rings. The molecule has 1 aliphatic carbocycles. The van der Waals surface area contributed by atoms with E-state index in [9.17, 15) is 14.7 Å². The molecule has 1 unspecified atom stereocenters. The van der Waals surface area contributed by atoms with E-state index in [2.05, 4.69) is 5.32 Å². The van der Waals surface area contributed by atoms with Crippen molar-refractivity contribution in [2.75, 3.05) is 14.2 Å². The second kappa shape index (κ2) is 5.63. The Morgan fingerprint density at radius 3 is 2.24 bits per heavy atom. The average Bonchev–Trinajstić information content (AvgIpc) is 2.45. The monoisotopic (exact) mass is 293 g/mol. The van der Waals surface area contributed by atoms with E-state index in [0.29, 0.717) is 24.3 Å². The lowest BCUT2D eigenvalue weighted by Gasteiger charge is -2.36. The van der Waals surface area contributed by atoms with E-state index in [-0.39, 0.29) is 12.3 Å². The van der Waals surface area contributed by atoms with Crippen LogP contribution in [0.1, 0.15) is 24.5 Å². The highest BCUT2D eigenvalue weighted by molar-refractivity contribution is 5.87. The Kier molecular flexibility index (Phi) is 4.06. The van der Waals surface area contributed by atoms with E-state index in [0.717, 1.165) is 11.1 Å². The SMILES string of the molecule is COc1ccc(OC)c2c1CCC(NC(C)=O)(C(=O)O)C2. The zero-order valence-electron chi connectivity index (χ0n) is 12.4. The molecular formula is C15H19NO5. The van der Waals surface area contributed by atoms with Gasteiger partial charge in [0.25, 0.3) is 0 Å². The van der Waals surface area contributed by atoms with Gasteiger partial charge in [0.2, 0.25) is 5.91 Å². The Bertz CT molecular complexity index is 584. The van der Waals surface area contributed by atoms with Gasteiger partial charge in [0.1, 0.15) is 17.0 Å². The Morgan fingerprint density at radius 1 is 1.19 bits per heavy atom. The molecule has 21 heavy (non-hydrogen) atoms. The van der Waals surface area contributed by atoms with Crippen LogP contribution in [0.5, 0.6) is 11.5 Å². The van der Waals surface area contributed by atoms with Crippen LogP contribution in [0.4, 0.5) is 0 Å². The van der Waals surface area contributed by atoms with Gasteiger partial charge in [-0.05, 0) is 25.0 Å². The zero-order chi connectivity index (χ0) is 15.6. The fraction of sp³-hybridized carbons (Fsp3) is 0.467. The second-order valence-electron chi connectivity index (χ2n) is 5.17. The summed E-state index contributed by atoms with van der Waals surface area (Å²) < 4.78 is 10.7. The molecule has 1 aromatic carbocycles. The summed E-state index contributed by atoms with van der Waals surface area (Å²) in [6, 6.07) is 3.56. The highest BCUT2D eigenvalue weighted by Crippen LogP contribution is 2.39. The molecule has 6 nitrogen and oxygen atoms in total. The number of carbonyl (C=O) groups is 2. The van der Waals surface area contributed by atoms with Crippen molar-refractivity contribution in [2.45, 2.75) is 31.7 Å². The first-order valence-electron chi connectivity index (χ1n) is 6.68. The number of amides is 1. The summed E-state index contributed by atoms with van der Waals surface area (Å²) in [6.45, 7) is 1.32. The molecule has 1 aliphatic rings. The number of fused-ring (bicyclic) bond motifs is 1. The summed E-state index contributed by atoms with van der Waals surface area (Å²) >= 11 is 0. The summed E-state index contributed by atoms with van der Waals surface area (Å²) in [5.74, 6) is -0.0648. The summed E-state index contributed by atoms with van der Waals surface area (Å²) in [5, 5.41) is 12.2. The smallest absolute Gasteiger partial charge is 0.329 e. The normalized spacial score (nSPS) is 20.3. The molecule has 0 heterocycles. The Hall–Kier alpha value is -2.24. The molecule has 0 radical (unpaired) electrons. The average molecular weight is 293 g/mol. The fourth-order valence-electron chi connectivity index (χ4n) is 2.91. The van der Waals surface area contributed by atoms with Gasteiger partial charge in [-0.3, -0.25) is 4.79 Å². The Labute approximate surface area is 123 Å². The predicted octanol–water partition coefficient (Wildman–Crippen LogP) is 1.15. The maximum atomic E-state index is 11.7. The lowest BCUT2D eigenvalue weighted by atomic mass is 9.77. The molecule has 1 aromatic rings. The Balaban J connectivity index is 2.50. The number of carboxylic acid groups (broad SMARTS) is 1.